The summed E-state index contributed by atoms with van der Waals surface area (Å²) < 4.78 is 7.80. The van der Waals surface area contributed by atoms with Gasteiger partial charge in [0.2, 0.25) is 0 Å². The lowest BCUT2D eigenvalue weighted by atomic mass is 10.2. The first-order valence-corrected chi connectivity index (χ1v) is 7.06. The summed E-state index contributed by atoms with van der Waals surface area (Å²) in [5.41, 5.74) is 9.58. The molecule has 0 radical (unpaired) electrons. The van der Waals surface area contributed by atoms with Gasteiger partial charge in [0.25, 0.3) is 0 Å². The standard InChI is InChI=1S/C17H19N3O/c1-11(2)21-15-7-5-14(6-8-15)20-12(3)19-16-10-13(18)4-9-17(16)20/h4-11H,18H2,1-3H3. The van der Waals surface area contributed by atoms with Crippen molar-refractivity contribution >= 4 is 16.7 Å². The number of hydrogen-bond acceptors (Lipinski definition) is 3. The summed E-state index contributed by atoms with van der Waals surface area (Å²) in [4.78, 5) is 4.57. The predicted octanol–water partition coefficient (Wildman–Crippen LogP) is 3.70. The second kappa shape index (κ2) is 5.13. The maximum absolute atomic E-state index is 5.82. The molecule has 2 N–H and O–H groups in total. The molecule has 2 aromatic carbocycles. The minimum Gasteiger partial charge on any atom is -0.491 e. The van der Waals surface area contributed by atoms with Gasteiger partial charge in [-0.2, -0.15) is 0 Å². The third kappa shape index (κ3) is 2.57. The molecular formula is C17H19N3O. The van der Waals surface area contributed by atoms with Crippen LogP contribution in [-0.4, -0.2) is 15.7 Å². The molecule has 3 rings (SSSR count). The lowest BCUT2D eigenvalue weighted by Crippen LogP contribution is -2.05. The smallest absolute Gasteiger partial charge is 0.119 e. The Hall–Kier alpha value is -2.49. The highest BCUT2D eigenvalue weighted by Crippen LogP contribution is 2.24. The number of imidazole rings is 1. The quantitative estimate of drug-likeness (QED) is 0.745. The second-order valence-corrected chi connectivity index (χ2v) is 5.40. The van der Waals surface area contributed by atoms with E-state index in [4.69, 9.17) is 10.5 Å². The van der Waals surface area contributed by atoms with Crippen molar-refractivity contribution in [2.24, 2.45) is 0 Å². The fourth-order valence-electron chi connectivity index (χ4n) is 2.49. The molecule has 21 heavy (non-hydrogen) atoms. The van der Waals surface area contributed by atoms with Crippen LogP contribution in [-0.2, 0) is 0 Å². The Balaban J connectivity index is 2.05. The molecule has 4 heteroatoms. The van der Waals surface area contributed by atoms with Gasteiger partial charge in [-0.15, -0.1) is 0 Å². The number of aryl methyl sites for hydroxylation is 1. The number of rotatable bonds is 3. The number of hydrogen-bond donors (Lipinski definition) is 1. The van der Waals surface area contributed by atoms with Gasteiger partial charge in [-0.05, 0) is 63.2 Å². The van der Waals surface area contributed by atoms with E-state index in [-0.39, 0.29) is 6.10 Å². The van der Waals surface area contributed by atoms with Crippen LogP contribution >= 0.6 is 0 Å². The second-order valence-electron chi connectivity index (χ2n) is 5.40. The lowest BCUT2D eigenvalue weighted by molar-refractivity contribution is 0.242. The van der Waals surface area contributed by atoms with Crippen LogP contribution in [0.25, 0.3) is 16.7 Å². The molecule has 0 spiro atoms. The zero-order valence-corrected chi connectivity index (χ0v) is 12.5. The summed E-state index contributed by atoms with van der Waals surface area (Å²) in [6.07, 6.45) is 0.176. The predicted molar refractivity (Wildman–Crippen MR) is 86.0 cm³/mol. The van der Waals surface area contributed by atoms with Crippen LogP contribution in [0.3, 0.4) is 0 Å². The van der Waals surface area contributed by atoms with Crippen LogP contribution in [0.15, 0.2) is 42.5 Å². The number of nitrogens with zero attached hydrogens (tertiary/aromatic N) is 2. The molecule has 0 amide bonds. The van der Waals surface area contributed by atoms with Crippen molar-refractivity contribution in [3.8, 4) is 11.4 Å². The summed E-state index contributed by atoms with van der Waals surface area (Å²) >= 11 is 0. The Morgan fingerprint density at radius 2 is 1.81 bits per heavy atom. The number of ether oxygens (including phenoxy) is 1. The van der Waals surface area contributed by atoms with Crippen molar-refractivity contribution in [2.75, 3.05) is 5.73 Å². The fraction of sp³-hybridized carbons (Fsp3) is 0.235. The molecule has 0 aliphatic rings. The van der Waals surface area contributed by atoms with Crippen molar-refractivity contribution < 1.29 is 4.74 Å². The van der Waals surface area contributed by atoms with Crippen LogP contribution in [0.5, 0.6) is 5.75 Å². The minimum atomic E-state index is 0.176. The van der Waals surface area contributed by atoms with Gasteiger partial charge >= 0.3 is 0 Å². The topological polar surface area (TPSA) is 53.1 Å². The van der Waals surface area contributed by atoms with Gasteiger partial charge in [0.1, 0.15) is 11.6 Å². The minimum absolute atomic E-state index is 0.176. The average molecular weight is 281 g/mol. The summed E-state index contributed by atoms with van der Waals surface area (Å²) in [7, 11) is 0. The SMILES string of the molecule is Cc1nc2cc(N)ccc2n1-c1ccc(OC(C)C)cc1. The van der Waals surface area contributed by atoms with E-state index in [0.717, 1.165) is 34.0 Å². The first kappa shape index (κ1) is 13.5. The molecule has 1 aromatic heterocycles. The first-order chi connectivity index (χ1) is 10.0. The van der Waals surface area contributed by atoms with Crippen LogP contribution < -0.4 is 10.5 Å². The highest BCUT2D eigenvalue weighted by atomic mass is 16.5. The molecule has 0 aliphatic heterocycles. The van der Waals surface area contributed by atoms with Crippen LogP contribution in [0, 0.1) is 6.92 Å². The summed E-state index contributed by atoms with van der Waals surface area (Å²) in [6, 6.07) is 13.9. The van der Waals surface area contributed by atoms with Crippen molar-refractivity contribution in [3.05, 3.63) is 48.3 Å². The molecule has 0 unspecified atom stereocenters. The Kier molecular flexibility index (Phi) is 3.29. The maximum Gasteiger partial charge on any atom is 0.119 e. The summed E-state index contributed by atoms with van der Waals surface area (Å²) in [5, 5.41) is 0. The molecule has 0 saturated heterocycles. The number of benzene rings is 2. The van der Waals surface area contributed by atoms with E-state index >= 15 is 0 Å². The molecule has 0 saturated carbocycles. The van der Waals surface area contributed by atoms with Gasteiger partial charge < -0.3 is 10.5 Å². The summed E-state index contributed by atoms with van der Waals surface area (Å²) in [5.74, 6) is 1.81. The molecule has 0 bridgehead atoms. The Morgan fingerprint density at radius 1 is 1.10 bits per heavy atom. The Labute approximate surface area is 124 Å². The maximum atomic E-state index is 5.82. The summed E-state index contributed by atoms with van der Waals surface area (Å²) in [6.45, 7) is 6.03. The highest BCUT2D eigenvalue weighted by molar-refractivity contribution is 5.81. The molecule has 0 atom stereocenters. The largest absolute Gasteiger partial charge is 0.491 e. The van der Waals surface area contributed by atoms with E-state index in [9.17, 15) is 0 Å². The molecule has 3 aromatic rings. The van der Waals surface area contributed by atoms with Gasteiger partial charge in [0.05, 0.1) is 17.1 Å². The average Bonchev–Trinajstić information content (AvgIpc) is 2.74. The third-order valence-corrected chi connectivity index (χ3v) is 3.31. The number of anilines is 1. The van der Waals surface area contributed by atoms with E-state index in [2.05, 4.69) is 9.55 Å². The van der Waals surface area contributed by atoms with Gasteiger partial charge in [-0.1, -0.05) is 0 Å². The monoisotopic (exact) mass is 281 g/mol. The lowest BCUT2D eigenvalue weighted by Gasteiger charge is -2.11. The number of nitrogen functional groups attached to an aromatic ring is 1. The zero-order chi connectivity index (χ0) is 15.0. The fourth-order valence-corrected chi connectivity index (χ4v) is 2.49. The van der Waals surface area contributed by atoms with E-state index in [1.165, 1.54) is 0 Å². The normalized spacial score (nSPS) is 11.2. The molecule has 108 valence electrons. The van der Waals surface area contributed by atoms with Gasteiger partial charge in [-0.25, -0.2) is 4.98 Å². The number of nitrogens with two attached hydrogens (primary N) is 1. The van der Waals surface area contributed by atoms with E-state index in [1.54, 1.807) is 0 Å². The van der Waals surface area contributed by atoms with E-state index in [0.29, 0.717) is 0 Å². The molecule has 0 fully saturated rings. The third-order valence-electron chi connectivity index (χ3n) is 3.31. The van der Waals surface area contributed by atoms with Gasteiger partial charge in [0.15, 0.2) is 0 Å². The van der Waals surface area contributed by atoms with Crippen molar-refractivity contribution in [3.63, 3.8) is 0 Å². The van der Waals surface area contributed by atoms with Crippen molar-refractivity contribution in [1.29, 1.82) is 0 Å². The number of aromatic nitrogens is 2. The molecule has 0 aliphatic carbocycles. The van der Waals surface area contributed by atoms with Gasteiger partial charge in [-0.3, -0.25) is 4.57 Å². The Morgan fingerprint density at radius 3 is 2.48 bits per heavy atom. The van der Waals surface area contributed by atoms with Crippen LogP contribution in [0.4, 0.5) is 5.69 Å². The van der Waals surface area contributed by atoms with Crippen molar-refractivity contribution in [1.82, 2.24) is 9.55 Å². The zero-order valence-electron chi connectivity index (χ0n) is 12.5. The highest BCUT2D eigenvalue weighted by Gasteiger charge is 2.09. The molecular weight excluding hydrogens is 262 g/mol. The van der Waals surface area contributed by atoms with Crippen molar-refractivity contribution in [2.45, 2.75) is 26.9 Å². The molecule has 1 heterocycles. The van der Waals surface area contributed by atoms with Crippen LogP contribution in [0.2, 0.25) is 0 Å². The first-order valence-electron chi connectivity index (χ1n) is 7.06. The van der Waals surface area contributed by atoms with Crippen LogP contribution in [0.1, 0.15) is 19.7 Å². The molecule has 4 nitrogen and oxygen atoms in total. The van der Waals surface area contributed by atoms with E-state index < -0.39 is 0 Å². The van der Waals surface area contributed by atoms with E-state index in [1.807, 2.05) is 63.2 Å². The number of fused-ring (bicyclic) bond motifs is 1. The van der Waals surface area contributed by atoms with Gasteiger partial charge in [0, 0.05) is 11.4 Å². The Bertz CT molecular complexity index is 773.